The molecule has 6 nitrogen and oxygen atoms in total. The van der Waals surface area contributed by atoms with E-state index in [2.05, 4.69) is 14.7 Å². The summed E-state index contributed by atoms with van der Waals surface area (Å²) in [6, 6.07) is 4.98. The molecule has 0 bridgehead atoms. The molecule has 1 amide bonds. The van der Waals surface area contributed by atoms with Gasteiger partial charge in [0.2, 0.25) is 5.95 Å². The average Bonchev–Trinajstić information content (AvgIpc) is 2.64. The summed E-state index contributed by atoms with van der Waals surface area (Å²) in [5.74, 6) is -3.01. The highest BCUT2D eigenvalue weighted by Gasteiger charge is 2.32. The Kier molecular flexibility index (Phi) is 6.09. The fourth-order valence-electron chi connectivity index (χ4n) is 2.27. The highest BCUT2D eigenvalue weighted by molar-refractivity contribution is 6.32. The molecule has 0 saturated carbocycles. The van der Waals surface area contributed by atoms with E-state index in [-0.39, 0.29) is 17.9 Å². The first-order chi connectivity index (χ1) is 12.6. The number of halogens is 4. The Balaban J connectivity index is 2.32. The smallest absolute Gasteiger partial charge is 0.417 e. The van der Waals surface area contributed by atoms with E-state index in [1.807, 2.05) is 0 Å². The highest BCUT2D eigenvalue weighted by atomic mass is 19.4. The lowest BCUT2D eigenvalue weighted by atomic mass is 10.1. The quantitative estimate of drug-likeness (QED) is 0.350. The van der Waals surface area contributed by atoms with Crippen LogP contribution in [0.1, 0.15) is 29.9 Å². The number of ether oxygens (including phenoxy) is 1. The van der Waals surface area contributed by atoms with Crippen LogP contribution in [0.5, 0.6) is 0 Å². The maximum absolute atomic E-state index is 13.4. The summed E-state index contributed by atoms with van der Waals surface area (Å²) >= 11 is 0. The summed E-state index contributed by atoms with van der Waals surface area (Å²) in [6.45, 7) is 1.19. The van der Waals surface area contributed by atoms with Gasteiger partial charge < -0.3 is 9.64 Å². The molecule has 2 aromatic heterocycles. The molecule has 0 aliphatic heterocycles. The second-order valence-electron chi connectivity index (χ2n) is 5.52. The van der Waals surface area contributed by atoms with Crippen LogP contribution in [0, 0.1) is 5.95 Å². The topological polar surface area (TPSA) is 72.4 Å². The molecule has 144 valence electrons. The number of aromatic nitrogens is 2. The van der Waals surface area contributed by atoms with Crippen LogP contribution in [-0.4, -0.2) is 33.9 Å². The van der Waals surface area contributed by atoms with Gasteiger partial charge >= 0.3 is 18.1 Å². The van der Waals surface area contributed by atoms with Crippen LogP contribution in [0.25, 0.3) is 0 Å². The van der Waals surface area contributed by atoms with Gasteiger partial charge in [0.15, 0.2) is 0 Å². The first-order valence-electron chi connectivity index (χ1n) is 7.67. The summed E-state index contributed by atoms with van der Waals surface area (Å²) in [4.78, 5) is 32.3. The SMILES string of the molecule is COC(=O)C(=O)N(Cc1ccc(C(F)(F)F)cn1)C(C)c1cccc(F)n1. The number of methoxy groups -OCH3 is 1. The van der Waals surface area contributed by atoms with Crippen molar-refractivity contribution < 1.29 is 31.9 Å². The predicted octanol–water partition coefficient (Wildman–Crippen LogP) is 2.90. The van der Waals surface area contributed by atoms with Crippen molar-refractivity contribution >= 4 is 11.9 Å². The van der Waals surface area contributed by atoms with Gasteiger partial charge in [-0.15, -0.1) is 0 Å². The molecule has 1 atom stereocenters. The second-order valence-corrected chi connectivity index (χ2v) is 5.52. The van der Waals surface area contributed by atoms with Gasteiger partial charge in [-0.2, -0.15) is 17.6 Å². The Hall–Kier alpha value is -3.04. The van der Waals surface area contributed by atoms with Crippen LogP contribution in [0.3, 0.4) is 0 Å². The number of esters is 1. The number of pyridine rings is 2. The number of carbonyl (C=O) groups is 2. The zero-order valence-corrected chi connectivity index (χ0v) is 14.3. The fraction of sp³-hybridized carbons (Fsp3) is 0.294. The minimum absolute atomic E-state index is 0.100. The highest BCUT2D eigenvalue weighted by Crippen LogP contribution is 2.29. The molecule has 2 aromatic rings. The van der Waals surface area contributed by atoms with Gasteiger partial charge in [-0.05, 0) is 31.2 Å². The Morgan fingerprint density at radius 3 is 2.44 bits per heavy atom. The van der Waals surface area contributed by atoms with E-state index in [1.54, 1.807) is 0 Å². The van der Waals surface area contributed by atoms with Gasteiger partial charge in [0.05, 0.1) is 36.6 Å². The average molecular weight is 385 g/mol. The number of alkyl halides is 3. The number of hydrogen-bond donors (Lipinski definition) is 0. The van der Waals surface area contributed by atoms with E-state index in [0.29, 0.717) is 6.20 Å². The van der Waals surface area contributed by atoms with Crippen molar-refractivity contribution in [3.05, 3.63) is 59.4 Å². The summed E-state index contributed by atoms with van der Waals surface area (Å²) in [7, 11) is 1.01. The van der Waals surface area contributed by atoms with Crippen LogP contribution in [-0.2, 0) is 27.0 Å². The number of nitrogens with zero attached hydrogens (tertiary/aromatic N) is 3. The summed E-state index contributed by atoms with van der Waals surface area (Å²) in [6.07, 6.45) is -3.92. The van der Waals surface area contributed by atoms with Crippen LogP contribution in [0.2, 0.25) is 0 Å². The number of hydrogen-bond acceptors (Lipinski definition) is 5. The second kappa shape index (κ2) is 8.11. The lowest BCUT2D eigenvalue weighted by molar-refractivity contribution is -0.159. The van der Waals surface area contributed by atoms with E-state index in [9.17, 15) is 27.2 Å². The standard InChI is InChI=1S/C17H15F4N3O3/c1-10(13-4-3-5-14(18)23-13)24(15(25)16(26)27-2)9-12-7-6-11(8-22-12)17(19,20)21/h3-8,10H,9H2,1-2H3. The van der Waals surface area contributed by atoms with Crippen LogP contribution < -0.4 is 0 Å². The van der Waals surface area contributed by atoms with Crippen molar-refractivity contribution in [2.45, 2.75) is 25.7 Å². The summed E-state index contributed by atoms with van der Waals surface area (Å²) < 4.78 is 55.7. The number of amides is 1. The molecule has 0 aliphatic carbocycles. The van der Waals surface area contributed by atoms with Crippen LogP contribution in [0.4, 0.5) is 17.6 Å². The predicted molar refractivity (Wildman–Crippen MR) is 84.4 cm³/mol. The van der Waals surface area contributed by atoms with Crippen LogP contribution >= 0.6 is 0 Å². The molecule has 2 heterocycles. The van der Waals surface area contributed by atoms with Gasteiger partial charge in [0.25, 0.3) is 0 Å². The van der Waals surface area contributed by atoms with E-state index >= 15 is 0 Å². The van der Waals surface area contributed by atoms with Gasteiger partial charge in [-0.1, -0.05) is 6.07 Å². The Labute approximate surface area is 151 Å². The zero-order chi connectivity index (χ0) is 20.2. The summed E-state index contributed by atoms with van der Waals surface area (Å²) in [5.41, 5.74) is -0.695. The minimum atomic E-state index is -4.55. The third-order valence-corrected chi connectivity index (χ3v) is 3.74. The number of carbonyl (C=O) groups excluding carboxylic acids is 2. The molecule has 0 fully saturated rings. The van der Waals surface area contributed by atoms with Crippen molar-refractivity contribution in [3.8, 4) is 0 Å². The lowest BCUT2D eigenvalue weighted by Crippen LogP contribution is -2.39. The van der Waals surface area contributed by atoms with Crippen molar-refractivity contribution in [2.75, 3.05) is 7.11 Å². The largest absolute Gasteiger partial charge is 0.462 e. The molecular formula is C17H15F4N3O3. The first-order valence-corrected chi connectivity index (χ1v) is 7.67. The Bertz CT molecular complexity index is 825. The van der Waals surface area contributed by atoms with Gasteiger partial charge in [-0.25, -0.2) is 9.78 Å². The lowest BCUT2D eigenvalue weighted by Gasteiger charge is -2.27. The molecule has 0 radical (unpaired) electrons. The molecule has 27 heavy (non-hydrogen) atoms. The number of rotatable bonds is 4. The van der Waals surface area contributed by atoms with Crippen LogP contribution in [0.15, 0.2) is 36.5 Å². The molecule has 1 unspecified atom stereocenters. The monoisotopic (exact) mass is 385 g/mol. The normalized spacial score (nSPS) is 12.4. The third-order valence-electron chi connectivity index (χ3n) is 3.74. The molecule has 2 rings (SSSR count). The van der Waals surface area contributed by atoms with Crippen molar-refractivity contribution in [3.63, 3.8) is 0 Å². The van der Waals surface area contributed by atoms with E-state index < -0.39 is 35.6 Å². The molecule has 0 aliphatic rings. The molecule has 0 aromatic carbocycles. The van der Waals surface area contributed by atoms with E-state index in [4.69, 9.17) is 0 Å². The van der Waals surface area contributed by atoms with Crippen molar-refractivity contribution in [1.29, 1.82) is 0 Å². The molecular weight excluding hydrogens is 370 g/mol. The van der Waals surface area contributed by atoms with Gasteiger partial charge in [0, 0.05) is 6.20 Å². The Morgan fingerprint density at radius 1 is 1.22 bits per heavy atom. The fourth-order valence-corrected chi connectivity index (χ4v) is 2.27. The summed E-state index contributed by atoms with van der Waals surface area (Å²) in [5, 5.41) is 0. The van der Waals surface area contributed by atoms with Crippen molar-refractivity contribution in [2.24, 2.45) is 0 Å². The zero-order valence-electron chi connectivity index (χ0n) is 14.3. The molecule has 0 spiro atoms. The van der Waals surface area contributed by atoms with Gasteiger partial charge in [0.1, 0.15) is 0 Å². The molecule has 0 saturated heterocycles. The maximum Gasteiger partial charge on any atom is 0.417 e. The molecule has 10 heteroatoms. The van der Waals surface area contributed by atoms with Gasteiger partial charge in [-0.3, -0.25) is 9.78 Å². The van der Waals surface area contributed by atoms with E-state index in [1.165, 1.54) is 19.1 Å². The maximum atomic E-state index is 13.4. The minimum Gasteiger partial charge on any atom is -0.462 e. The third kappa shape index (κ3) is 4.99. The molecule has 0 N–H and O–H groups in total. The Morgan fingerprint density at radius 2 is 1.93 bits per heavy atom. The van der Waals surface area contributed by atoms with Crippen molar-refractivity contribution in [1.82, 2.24) is 14.9 Å². The first kappa shape index (κ1) is 20.3. The van der Waals surface area contributed by atoms with E-state index in [0.717, 1.165) is 30.2 Å².